The monoisotopic (exact) mass is 158 g/mol. The van der Waals surface area contributed by atoms with E-state index in [-0.39, 0.29) is 0 Å². The molecule has 0 aliphatic carbocycles. The van der Waals surface area contributed by atoms with Gasteiger partial charge in [-0.3, -0.25) is 0 Å². The van der Waals surface area contributed by atoms with Gasteiger partial charge in [0.2, 0.25) is 0 Å². The van der Waals surface area contributed by atoms with E-state index in [4.69, 9.17) is 10.5 Å². The van der Waals surface area contributed by atoms with E-state index in [0.717, 1.165) is 32.7 Å². The van der Waals surface area contributed by atoms with E-state index in [9.17, 15) is 0 Å². The predicted octanol–water partition coefficient (Wildman–Crippen LogP) is 0.104. The van der Waals surface area contributed by atoms with Crippen molar-refractivity contribution >= 4 is 0 Å². The molecule has 0 aromatic rings. The zero-order valence-corrected chi connectivity index (χ0v) is 7.01. The molecule has 1 aliphatic rings. The van der Waals surface area contributed by atoms with E-state index < -0.39 is 0 Å². The molecule has 0 amide bonds. The van der Waals surface area contributed by atoms with Crippen molar-refractivity contribution in [3.05, 3.63) is 0 Å². The molecule has 0 aromatic carbocycles. The maximum Gasteiger partial charge on any atom is 0.0619 e. The summed E-state index contributed by atoms with van der Waals surface area (Å²) in [4.78, 5) is 0. The Morgan fingerprint density at radius 2 is 2.45 bits per heavy atom. The maximum atomic E-state index is 5.37. The molecule has 0 saturated carbocycles. The maximum absolute atomic E-state index is 5.37. The number of ether oxygens (including phenoxy) is 1. The summed E-state index contributed by atoms with van der Waals surface area (Å²) in [6, 6.07) is 0.579. The van der Waals surface area contributed by atoms with E-state index in [2.05, 4.69) is 5.32 Å². The highest BCUT2D eigenvalue weighted by Gasteiger charge is 2.11. The van der Waals surface area contributed by atoms with Crippen LogP contribution in [0.15, 0.2) is 0 Å². The first-order chi connectivity index (χ1) is 5.43. The fraction of sp³-hybridized carbons (Fsp3) is 1.00. The van der Waals surface area contributed by atoms with Gasteiger partial charge in [0.05, 0.1) is 6.61 Å². The number of nitrogens with two attached hydrogens (primary N) is 1. The van der Waals surface area contributed by atoms with E-state index >= 15 is 0 Å². The molecule has 0 aromatic heterocycles. The van der Waals surface area contributed by atoms with Crippen LogP contribution >= 0.6 is 0 Å². The van der Waals surface area contributed by atoms with Crippen LogP contribution in [0.1, 0.15) is 19.3 Å². The van der Waals surface area contributed by atoms with Crippen molar-refractivity contribution in [3.8, 4) is 0 Å². The Labute approximate surface area is 68.3 Å². The van der Waals surface area contributed by atoms with Crippen molar-refractivity contribution in [2.75, 3.05) is 26.3 Å². The van der Waals surface area contributed by atoms with E-state index in [1.165, 1.54) is 12.8 Å². The third-order valence-electron chi connectivity index (χ3n) is 1.97. The molecule has 1 rings (SSSR count). The standard InChI is InChI=1S/C8H18N2O/c9-4-2-5-10-8-3-1-6-11-7-8/h8,10H,1-7,9H2. The van der Waals surface area contributed by atoms with Gasteiger partial charge in [-0.15, -0.1) is 0 Å². The average Bonchev–Trinajstić information content (AvgIpc) is 2.07. The summed E-state index contributed by atoms with van der Waals surface area (Å²) in [5, 5.41) is 3.42. The molecule has 0 bridgehead atoms. The Balaban J connectivity index is 1.96. The van der Waals surface area contributed by atoms with Crippen molar-refractivity contribution < 1.29 is 4.74 Å². The molecular formula is C8H18N2O. The quantitative estimate of drug-likeness (QED) is 0.571. The molecule has 1 fully saturated rings. The Morgan fingerprint density at radius 3 is 3.09 bits per heavy atom. The van der Waals surface area contributed by atoms with Crippen molar-refractivity contribution in [1.29, 1.82) is 0 Å². The van der Waals surface area contributed by atoms with Crippen molar-refractivity contribution in [2.24, 2.45) is 5.73 Å². The third-order valence-corrected chi connectivity index (χ3v) is 1.97. The molecule has 1 saturated heterocycles. The lowest BCUT2D eigenvalue weighted by atomic mass is 10.1. The summed E-state index contributed by atoms with van der Waals surface area (Å²) >= 11 is 0. The highest BCUT2D eigenvalue weighted by molar-refractivity contribution is 4.69. The largest absolute Gasteiger partial charge is 0.380 e. The topological polar surface area (TPSA) is 47.3 Å². The summed E-state index contributed by atoms with van der Waals surface area (Å²) in [5.41, 5.74) is 5.37. The van der Waals surface area contributed by atoms with Gasteiger partial charge >= 0.3 is 0 Å². The highest BCUT2D eigenvalue weighted by Crippen LogP contribution is 2.04. The van der Waals surface area contributed by atoms with Crippen LogP contribution in [-0.2, 0) is 4.74 Å². The minimum absolute atomic E-state index is 0.579. The van der Waals surface area contributed by atoms with Crippen LogP contribution in [0.5, 0.6) is 0 Å². The Hall–Kier alpha value is -0.120. The van der Waals surface area contributed by atoms with E-state index in [0.29, 0.717) is 6.04 Å². The summed E-state index contributed by atoms with van der Waals surface area (Å²) in [6.45, 7) is 3.63. The number of hydrogen-bond donors (Lipinski definition) is 2. The van der Waals surface area contributed by atoms with Crippen LogP contribution in [0.2, 0.25) is 0 Å². The summed E-state index contributed by atoms with van der Waals surface area (Å²) < 4.78 is 5.32. The smallest absolute Gasteiger partial charge is 0.0619 e. The van der Waals surface area contributed by atoms with Crippen LogP contribution < -0.4 is 11.1 Å². The SMILES string of the molecule is NCCCNC1CCCOC1. The second kappa shape index (κ2) is 5.52. The number of rotatable bonds is 4. The molecule has 0 radical (unpaired) electrons. The van der Waals surface area contributed by atoms with Gasteiger partial charge in [-0.1, -0.05) is 0 Å². The Bertz CT molecular complexity index is 92.1. The summed E-state index contributed by atoms with van der Waals surface area (Å²) in [5.74, 6) is 0. The van der Waals surface area contributed by atoms with Crippen LogP contribution in [0.4, 0.5) is 0 Å². The van der Waals surface area contributed by atoms with Crippen LogP contribution in [0, 0.1) is 0 Å². The molecule has 3 N–H and O–H groups in total. The van der Waals surface area contributed by atoms with Gasteiger partial charge in [-0.25, -0.2) is 0 Å². The van der Waals surface area contributed by atoms with Crippen LogP contribution in [0.25, 0.3) is 0 Å². The second-order valence-corrected chi connectivity index (χ2v) is 3.01. The zero-order valence-electron chi connectivity index (χ0n) is 7.01. The molecule has 0 spiro atoms. The van der Waals surface area contributed by atoms with Gasteiger partial charge in [0.25, 0.3) is 0 Å². The minimum Gasteiger partial charge on any atom is -0.380 e. The van der Waals surface area contributed by atoms with Gasteiger partial charge in [-0.2, -0.15) is 0 Å². The first kappa shape index (κ1) is 8.97. The summed E-state index contributed by atoms with van der Waals surface area (Å²) in [6.07, 6.45) is 3.52. The number of hydrogen-bond acceptors (Lipinski definition) is 3. The van der Waals surface area contributed by atoms with Crippen molar-refractivity contribution in [2.45, 2.75) is 25.3 Å². The summed E-state index contributed by atoms with van der Waals surface area (Å²) in [7, 11) is 0. The molecule has 11 heavy (non-hydrogen) atoms. The van der Waals surface area contributed by atoms with Crippen molar-refractivity contribution in [1.82, 2.24) is 5.32 Å². The Kier molecular flexibility index (Phi) is 4.50. The predicted molar refractivity (Wildman–Crippen MR) is 45.5 cm³/mol. The highest BCUT2D eigenvalue weighted by atomic mass is 16.5. The van der Waals surface area contributed by atoms with E-state index in [1.807, 2.05) is 0 Å². The van der Waals surface area contributed by atoms with Gasteiger partial charge in [-0.05, 0) is 32.4 Å². The lowest BCUT2D eigenvalue weighted by Crippen LogP contribution is -2.37. The molecule has 1 unspecified atom stereocenters. The molecule has 1 aliphatic heterocycles. The Morgan fingerprint density at radius 1 is 1.55 bits per heavy atom. The number of nitrogens with one attached hydrogen (secondary N) is 1. The van der Waals surface area contributed by atoms with Crippen molar-refractivity contribution in [3.63, 3.8) is 0 Å². The fourth-order valence-electron chi connectivity index (χ4n) is 1.31. The lowest BCUT2D eigenvalue weighted by molar-refractivity contribution is 0.0706. The van der Waals surface area contributed by atoms with Gasteiger partial charge in [0.15, 0.2) is 0 Å². The lowest BCUT2D eigenvalue weighted by Gasteiger charge is -2.22. The average molecular weight is 158 g/mol. The zero-order chi connectivity index (χ0) is 7.94. The molecule has 3 heteroatoms. The third kappa shape index (κ3) is 3.70. The first-order valence-electron chi connectivity index (χ1n) is 4.44. The van der Waals surface area contributed by atoms with Gasteiger partial charge < -0.3 is 15.8 Å². The molecular weight excluding hydrogens is 140 g/mol. The van der Waals surface area contributed by atoms with Gasteiger partial charge in [0.1, 0.15) is 0 Å². The normalized spacial score (nSPS) is 25.4. The fourth-order valence-corrected chi connectivity index (χ4v) is 1.31. The molecule has 66 valence electrons. The van der Waals surface area contributed by atoms with Crippen LogP contribution in [0.3, 0.4) is 0 Å². The second-order valence-electron chi connectivity index (χ2n) is 3.01. The van der Waals surface area contributed by atoms with Crippen LogP contribution in [-0.4, -0.2) is 32.3 Å². The van der Waals surface area contributed by atoms with Gasteiger partial charge in [0, 0.05) is 12.6 Å². The molecule has 1 atom stereocenters. The van der Waals surface area contributed by atoms with E-state index in [1.54, 1.807) is 0 Å². The minimum atomic E-state index is 0.579. The molecule has 1 heterocycles. The molecule has 3 nitrogen and oxygen atoms in total. The first-order valence-corrected chi connectivity index (χ1v) is 4.44.